The van der Waals surface area contributed by atoms with Crippen molar-refractivity contribution in [2.45, 2.75) is 12.5 Å². The third-order valence-electron chi connectivity index (χ3n) is 2.50. The minimum absolute atomic E-state index is 0. The Bertz CT molecular complexity index is 297. The van der Waals surface area contributed by atoms with Gasteiger partial charge in [0.2, 0.25) is 5.95 Å². The van der Waals surface area contributed by atoms with E-state index in [0.717, 1.165) is 25.5 Å². The zero-order valence-corrected chi connectivity index (χ0v) is 10.1. The van der Waals surface area contributed by atoms with Crippen molar-refractivity contribution in [2.75, 3.05) is 25.0 Å². The first-order chi connectivity index (χ1) is 6.77. The summed E-state index contributed by atoms with van der Waals surface area (Å²) in [5.74, 6) is 0.739. The predicted octanol–water partition coefficient (Wildman–Crippen LogP) is 1.35. The SMILES string of the molecule is CN(c1ncc(Cl)cn1)[C@H]1CCNC1.Cl. The smallest absolute Gasteiger partial charge is 0.225 e. The zero-order valence-electron chi connectivity index (χ0n) is 8.48. The van der Waals surface area contributed by atoms with E-state index in [1.807, 2.05) is 7.05 Å². The molecule has 2 rings (SSSR count). The molecule has 0 saturated carbocycles. The van der Waals surface area contributed by atoms with Gasteiger partial charge in [0, 0.05) is 19.6 Å². The average Bonchev–Trinajstić information content (AvgIpc) is 2.71. The number of rotatable bonds is 2. The fraction of sp³-hybridized carbons (Fsp3) is 0.556. The van der Waals surface area contributed by atoms with E-state index < -0.39 is 0 Å². The Kier molecular flexibility index (Phi) is 4.57. The van der Waals surface area contributed by atoms with Crippen molar-refractivity contribution in [3.05, 3.63) is 17.4 Å². The largest absolute Gasteiger partial charge is 0.340 e. The van der Waals surface area contributed by atoms with Crippen molar-refractivity contribution in [2.24, 2.45) is 0 Å². The number of hydrogen-bond acceptors (Lipinski definition) is 4. The van der Waals surface area contributed by atoms with E-state index in [1.54, 1.807) is 12.4 Å². The van der Waals surface area contributed by atoms with E-state index in [4.69, 9.17) is 11.6 Å². The molecular weight excluding hydrogens is 235 g/mol. The van der Waals surface area contributed by atoms with Crippen molar-refractivity contribution in [1.82, 2.24) is 15.3 Å². The molecule has 2 heterocycles. The monoisotopic (exact) mass is 248 g/mol. The molecule has 0 aromatic carbocycles. The highest BCUT2D eigenvalue weighted by Crippen LogP contribution is 2.14. The van der Waals surface area contributed by atoms with Crippen LogP contribution in [0.2, 0.25) is 5.02 Å². The van der Waals surface area contributed by atoms with Crippen LogP contribution in [0.1, 0.15) is 6.42 Å². The number of nitrogens with zero attached hydrogens (tertiary/aromatic N) is 3. The summed E-state index contributed by atoms with van der Waals surface area (Å²) < 4.78 is 0. The molecule has 1 atom stereocenters. The third kappa shape index (κ3) is 2.93. The highest BCUT2D eigenvalue weighted by molar-refractivity contribution is 6.30. The number of aromatic nitrogens is 2. The van der Waals surface area contributed by atoms with Gasteiger partial charge in [-0.25, -0.2) is 9.97 Å². The zero-order chi connectivity index (χ0) is 9.97. The normalized spacial score (nSPS) is 19.7. The van der Waals surface area contributed by atoms with Crippen molar-refractivity contribution in [1.29, 1.82) is 0 Å². The number of nitrogens with one attached hydrogen (secondary N) is 1. The lowest BCUT2D eigenvalue weighted by Gasteiger charge is -2.23. The van der Waals surface area contributed by atoms with Gasteiger partial charge in [-0.15, -0.1) is 12.4 Å². The van der Waals surface area contributed by atoms with Crippen LogP contribution in [-0.2, 0) is 0 Å². The first kappa shape index (κ1) is 12.5. The molecule has 1 N–H and O–H groups in total. The van der Waals surface area contributed by atoms with Gasteiger partial charge in [-0.05, 0) is 13.0 Å². The molecule has 1 saturated heterocycles. The molecule has 1 aliphatic rings. The highest BCUT2D eigenvalue weighted by atomic mass is 35.5. The van der Waals surface area contributed by atoms with Crippen LogP contribution in [0.4, 0.5) is 5.95 Å². The molecule has 84 valence electrons. The molecule has 0 amide bonds. The van der Waals surface area contributed by atoms with Gasteiger partial charge in [0.15, 0.2) is 0 Å². The summed E-state index contributed by atoms with van der Waals surface area (Å²) in [6.07, 6.45) is 4.40. The Balaban J connectivity index is 0.00000112. The second-order valence-electron chi connectivity index (χ2n) is 3.46. The molecular formula is C9H14Cl2N4. The molecule has 0 spiro atoms. The Morgan fingerprint density at radius 2 is 2.13 bits per heavy atom. The molecule has 6 heteroatoms. The average molecular weight is 249 g/mol. The van der Waals surface area contributed by atoms with Crippen LogP contribution in [0.3, 0.4) is 0 Å². The molecule has 0 aliphatic carbocycles. The van der Waals surface area contributed by atoms with Crippen LogP contribution in [0.5, 0.6) is 0 Å². The van der Waals surface area contributed by atoms with Gasteiger partial charge < -0.3 is 10.2 Å². The van der Waals surface area contributed by atoms with Gasteiger partial charge in [-0.2, -0.15) is 0 Å². The fourth-order valence-corrected chi connectivity index (χ4v) is 1.72. The Labute approximate surface area is 100 Å². The Morgan fingerprint density at radius 3 is 2.67 bits per heavy atom. The van der Waals surface area contributed by atoms with Crippen molar-refractivity contribution < 1.29 is 0 Å². The number of halogens is 2. The Hall–Kier alpha value is -0.580. The summed E-state index contributed by atoms with van der Waals surface area (Å²) in [7, 11) is 2.01. The van der Waals surface area contributed by atoms with E-state index in [1.165, 1.54) is 0 Å². The minimum Gasteiger partial charge on any atom is -0.340 e. The van der Waals surface area contributed by atoms with Crippen LogP contribution >= 0.6 is 24.0 Å². The van der Waals surface area contributed by atoms with Crippen LogP contribution in [0.15, 0.2) is 12.4 Å². The third-order valence-corrected chi connectivity index (χ3v) is 2.70. The van der Waals surface area contributed by atoms with Crippen LogP contribution in [0.25, 0.3) is 0 Å². The van der Waals surface area contributed by atoms with Gasteiger partial charge >= 0.3 is 0 Å². The lowest BCUT2D eigenvalue weighted by molar-refractivity contribution is 0.668. The van der Waals surface area contributed by atoms with E-state index in [2.05, 4.69) is 20.2 Å². The molecule has 4 nitrogen and oxygen atoms in total. The second kappa shape index (κ2) is 5.49. The summed E-state index contributed by atoms with van der Waals surface area (Å²) in [6.45, 7) is 2.07. The van der Waals surface area contributed by atoms with Gasteiger partial charge in [-0.1, -0.05) is 11.6 Å². The quantitative estimate of drug-likeness (QED) is 0.859. The van der Waals surface area contributed by atoms with E-state index in [0.29, 0.717) is 11.1 Å². The summed E-state index contributed by atoms with van der Waals surface area (Å²) in [5, 5.41) is 3.89. The molecule has 15 heavy (non-hydrogen) atoms. The first-order valence-electron chi connectivity index (χ1n) is 4.68. The Morgan fingerprint density at radius 1 is 1.47 bits per heavy atom. The molecule has 1 aromatic heterocycles. The van der Waals surface area contributed by atoms with Crippen molar-refractivity contribution in [3.8, 4) is 0 Å². The fourth-order valence-electron chi connectivity index (χ4n) is 1.62. The van der Waals surface area contributed by atoms with Crippen LogP contribution in [-0.4, -0.2) is 36.1 Å². The first-order valence-corrected chi connectivity index (χ1v) is 5.06. The maximum absolute atomic E-state index is 5.72. The lowest BCUT2D eigenvalue weighted by atomic mass is 10.2. The number of anilines is 1. The predicted molar refractivity (Wildman–Crippen MR) is 64.0 cm³/mol. The van der Waals surface area contributed by atoms with Crippen molar-refractivity contribution in [3.63, 3.8) is 0 Å². The van der Waals surface area contributed by atoms with E-state index in [-0.39, 0.29) is 12.4 Å². The highest BCUT2D eigenvalue weighted by Gasteiger charge is 2.20. The molecule has 1 aliphatic heterocycles. The summed E-state index contributed by atoms with van der Waals surface area (Å²) in [5.41, 5.74) is 0. The second-order valence-corrected chi connectivity index (χ2v) is 3.90. The summed E-state index contributed by atoms with van der Waals surface area (Å²) >= 11 is 5.72. The summed E-state index contributed by atoms with van der Waals surface area (Å²) in [4.78, 5) is 10.4. The maximum Gasteiger partial charge on any atom is 0.225 e. The molecule has 0 bridgehead atoms. The minimum atomic E-state index is 0. The van der Waals surface area contributed by atoms with Gasteiger partial charge in [-0.3, -0.25) is 0 Å². The van der Waals surface area contributed by atoms with Gasteiger partial charge in [0.25, 0.3) is 0 Å². The van der Waals surface area contributed by atoms with Crippen molar-refractivity contribution >= 4 is 30.0 Å². The molecule has 1 fully saturated rings. The van der Waals surface area contributed by atoms with E-state index >= 15 is 0 Å². The van der Waals surface area contributed by atoms with Crippen LogP contribution < -0.4 is 10.2 Å². The number of likely N-dealkylation sites (N-methyl/N-ethyl adjacent to an activating group) is 1. The maximum atomic E-state index is 5.72. The van der Waals surface area contributed by atoms with Gasteiger partial charge in [0.1, 0.15) is 0 Å². The number of hydrogen-bond donors (Lipinski definition) is 1. The van der Waals surface area contributed by atoms with Gasteiger partial charge in [0.05, 0.1) is 17.4 Å². The molecule has 0 radical (unpaired) electrons. The van der Waals surface area contributed by atoms with Crippen LogP contribution in [0, 0.1) is 0 Å². The topological polar surface area (TPSA) is 41.1 Å². The van der Waals surface area contributed by atoms with E-state index in [9.17, 15) is 0 Å². The summed E-state index contributed by atoms with van der Waals surface area (Å²) in [6, 6.07) is 0.496. The molecule has 0 unspecified atom stereocenters. The lowest BCUT2D eigenvalue weighted by Crippen LogP contribution is -2.34. The standard InChI is InChI=1S/C9H13ClN4.ClH/c1-14(8-2-3-11-6-8)9-12-4-7(10)5-13-9;/h4-5,8,11H,2-3,6H2,1H3;1H/t8-;/m0./s1. The molecule has 1 aromatic rings.